The van der Waals surface area contributed by atoms with Gasteiger partial charge in [-0.1, -0.05) is 153 Å². The zero-order valence-electron chi connectivity index (χ0n) is 32.4. The molecule has 0 heterocycles. The third-order valence-electron chi connectivity index (χ3n) is 12.5. The fraction of sp³-hybridized carbons (Fsp3) is 0.222. The first kappa shape index (κ1) is 35.8. The zero-order chi connectivity index (χ0) is 37.6. The normalized spacial score (nSPS) is 18.8. The minimum absolute atomic E-state index is 0.00639. The molecular weight excluding hydrogens is 677 g/mol. The predicted molar refractivity (Wildman–Crippen MR) is 238 cm³/mol. The molecule has 0 spiro atoms. The lowest BCUT2D eigenvalue weighted by molar-refractivity contribution is 0.346. The van der Waals surface area contributed by atoms with Crippen LogP contribution in [-0.4, -0.2) is 6.04 Å². The van der Waals surface area contributed by atoms with E-state index in [-0.39, 0.29) is 5.41 Å². The van der Waals surface area contributed by atoms with Crippen LogP contribution in [0.25, 0.3) is 11.1 Å². The van der Waals surface area contributed by atoms with Crippen LogP contribution in [0, 0.1) is 0 Å². The summed E-state index contributed by atoms with van der Waals surface area (Å²) < 4.78 is 0. The number of hydrogen-bond donors (Lipinski definition) is 0. The number of allylic oxidation sites excluding steroid dienone is 10. The maximum Gasteiger partial charge on any atom is 0.0556 e. The van der Waals surface area contributed by atoms with E-state index >= 15 is 0 Å². The van der Waals surface area contributed by atoms with Gasteiger partial charge in [0.2, 0.25) is 0 Å². The fourth-order valence-electron chi connectivity index (χ4n) is 9.52. The van der Waals surface area contributed by atoms with Crippen molar-refractivity contribution in [1.29, 1.82) is 0 Å². The Balaban J connectivity index is 1.02. The molecular formula is C54H52N2. The van der Waals surface area contributed by atoms with Gasteiger partial charge in [0.1, 0.15) is 0 Å². The minimum Gasteiger partial charge on any atom is -0.338 e. The van der Waals surface area contributed by atoms with Crippen molar-refractivity contribution in [2.24, 2.45) is 0 Å². The molecule has 1 unspecified atom stereocenters. The van der Waals surface area contributed by atoms with E-state index in [1.165, 1.54) is 82.6 Å². The van der Waals surface area contributed by atoms with E-state index in [9.17, 15) is 0 Å². The van der Waals surface area contributed by atoms with Gasteiger partial charge in [0, 0.05) is 33.9 Å². The summed E-state index contributed by atoms with van der Waals surface area (Å²) in [6, 6.07) is 50.0. The lowest BCUT2D eigenvalue weighted by Crippen LogP contribution is -2.34. The van der Waals surface area contributed by atoms with E-state index in [2.05, 4.69) is 198 Å². The van der Waals surface area contributed by atoms with Gasteiger partial charge in [-0.15, -0.1) is 0 Å². The van der Waals surface area contributed by atoms with Gasteiger partial charge in [-0.2, -0.15) is 0 Å². The molecule has 56 heavy (non-hydrogen) atoms. The van der Waals surface area contributed by atoms with Crippen LogP contribution in [0.1, 0.15) is 75.3 Å². The van der Waals surface area contributed by atoms with Crippen molar-refractivity contribution in [3.8, 4) is 11.1 Å². The number of nitrogens with zero attached hydrogens (tertiary/aromatic N) is 2. The summed E-state index contributed by atoms with van der Waals surface area (Å²) in [7, 11) is 0. The molecule has 5 aromatic rings. The maximum absolute atomic E-state index is 2.61. The van der Waals surface area contributed by atoms with E-state index in [1.807, 2.05) is 0 Å². The van der Waals surface area contributed by atoms with Crippen LogP contribution in [0.3, 0.4) is 0 Å². The number of para-hydroxylation sites is 1. The van der Waals surface area contributed by atoms with Crippen LogP contribution >= 0.6 is 0 Å². The Bertz CT molecular complexity index is 2280. The van der Waals surface area contributed by atoms with Crippen LogP contribution in [0.5, 0.6) is 0 Å². The summed E-state index contributed by atoms with van der Waals surface area (Å²) in [5, 5.41) is 0. The second-order valence-electron chi connectivity index (χ2n) is 15.8. The van der Waals surface area contributed by atoms with Crippen molar-refractivity contribution in [2.45, 2.75) is 75.7 Å². The highest BCUT2D eigenvalue weighted by Gasteiger charge is 2.36. The zero-order valence-corrected chi connectivity index (χ0v) is 32.4. The fourth-order valence-corrected chi connectivity index (χ4v) is 9.52. The van der Waals surface area contributed by atoms with Crippen molar-refractivity contribution in [2.75, 3.05) is 9.80 Å². The van der Waals surface area contributed by atoms with Crippen molar-refractivity contribution in [3.05, 3.63) is 216 Å². The van der Waals surface area contributed by atoms with Crippen LogP contribution in [0.4, 0.5) is 22.7 Å². The summed E-state index contributed by atoms with van der Waals surface area (Å²) in [6.07, 6.45) is 32.4. The minimum atomic E-state index is 0.00639. The van der Waals surface area contributed by atoms with Crippen LogP contribution < -0.4 is 9.80 Å². The quantitative estimate of drug-likeness (QED) is 0.141. The first-order valence-corrected chi connectivity index (χ1v) is 20.9. The second-order valence-corrected chi connectivity index (χ2v) is 15.8. The lowest BCUT2D eigenvalue weighted by Gasteiger charge is -2.40. The van der Waals surface area contributed by atoms with Crippen LogP contribution in [-0.2, 0) is 5.41 Å². The van der Waals surface area contributed by atoms with E-state index in [1.54, 1.807) is 0 Å². The second kappa shape index (κ2) is 16.5. The van der Waals surface area contributed by atoms with E-state index in [4.69, 9.17) is 0 Å². The molecule has 0 radical (unpaired) electrons. The maximum atomic E-state index is 2.61. The largest absolute Gasteiger partial charge is 0.338 e. The highest BCUT2D eigenvalue weighted by atomic mass is 15.2. The third kappa shape index (κ3) is 7.41. The molecule has 1 atom stereocenters. The first-order valence-electron chi connectivity index (χ1n) is 20.9. The van der Waals surface area contributed by atoms with Gasteiger partial charge in [0.15, 0.2) is 0 Å². The smallest absolute Gasteiger partial charge is 0.0556 e. The van der Waals surface area contributed by atoms with Gasteiger partial charge in [0.05, 0.1) is 6.04 Å². The summed E-state index contributed by atoms with van der Waals surface area (Å²) in [5.41, 5.74) is 14.6. The summed E-state index contributed by atoms with van der Waals surface area (Å²) >= 11 is 0. The Morgan fingerprint density at radius 3 is 1.68 bits per heavy atom. The molecule has 9 rings (SSSR count). The molecule has 0 saturated heterocycles. The van der Waals surface area contributed by atoms with Gasteiger partial charge in [-0.05, 0) is 133 Å². The molecule has 5 aromatic carbocycles. The Kier molecular flexibility index (Phi) is 10.5. The molecule has 0 aliphatic heterocycles. The average molecular weight is 729 g/mol. The van der Waals surface area contributed by atoms with Crippen LogP contribution in [0.15, 0.2) is 205 Å². The van der Waals surface area contributed by atoms with Gasteiger partial charge in [0.25, 0.3) is 0 Å². The number of rotatable bonds is 10. The highest BCUT2D eigenvalue weighted by molar-refractivity contribution is 5.78. The number of anilines is 4. The molecule has 278 valence electrons. The molecule has 4 aliphatic carbocycles. The van der Waals surface area contributed by atoms with Gasteiger partial charge in [-0.25, -0.2) is 0 Å². The average Bonchev–Trinajstić information content (AvgIpc) is 3.29. The summed E-state index contributed by atoms with van der Waals surface area (Å²) in [4.78, 5) is 4.99. The van der Waals surface area contributed by atoms with Crippen LogP contribution in [0.2, 0.25) is 0 Å². The Morgan fingerprint density at radius 2 is 1.07 bits per heavy atom. The van der Waals surface area contributed by atoms with Crippen molar-refractivity contribution < 1.29 is 0 Å². The number of hydrogen-bond acceptors (Lipinski definition) is 2. The molecule has 2 nitrogen and oxygen atoms in total. The van der Waals surface area contributed by atoms with Crippen molar-refractivity contribution >= 4 is 22.7 Å². The third-order valence-corrected chi connectivity index (χ3v) is 12.5. The highest BCUT2D eigenvalue weighted by Crippen LogP contribution is 2.47. The van der Waals surface area contributed by atoms with Gasteiger partial charge < -0.3 is 9.80 Å². The van der Waals surface area contributed by atoms with Gasteiger partial charge >= 0.3 is 0 Å². The molecule has 0 aromatic heterocycles. The molecule has 0 bridgehead atoms. The van der Waals surface area contributed by atoms with Gasteiger partial charge in [-0.3, -0.25) is 0 Å². The standard InChI is InChI=1S/C54H52N2/c1-6-16-42(17-7-1)44-24-32-50(33-25-44)55(48-20-10-3-11-21-48)52-36-28-46(29-37-52)54(40-14-5-15-41-54)47-30-38-53(39-31-47)56(49-22-12-4-13-23-49)51-34-26-45(27-35-51)43-18-8-2-9-19-43/h1-4,6-8,10-13,16-18,20-22,24-26,28-34,36-39,49H,5,9,14-15,19,23,27,35,40-41H2. The molecule has 1 saturated carbocycles. The molecule has 4 aliphatic rings. The molecule has 0 amide bonds. The Labute approximate surface area is 334 Å². The molecule has 1 fully saturated rings. The topological polar surface area (TPSA) is 6.48 Å². The van der Waals surface area contributed by atoms with E-state index in [0.29, 0.717) is 6.04 Å². The monoisotopic (exact) mass is 728 g/mol. The number of benzene rings is 5. The molecule has 2 heteroatoms. The Hall–Kier alpha value is -5.86. The molecule has 0 N–H and O–H groups in total. The van der Waals surface area contributed by atoms with Crippen molar-refractivity contribution in [1.82, 2.24) is 0 Å². The van der Waals surface area contributed by atoms with E-state index < -0.39 is 0 Å². The summed E-state index contributed by atoms with van der Waals surface area (Å²) in [5.74, 6) is 0. The summed E-state index contributed by atoms with van der Waals surface area (Å²) in [6.45, 7) is 0. The lowest BCUT2D eigenvalue weighted by atomic mass is 9.65. The predicted octanol–water partition coefficient (Wildman–Crippen LogP) is 14.6. The van der Waals surface area contributed by atoms with E-state index in [0.717, 1.165) is 43.5 Å². The van der Waals surface area contributed by atoms with Crippen molar-refractivity contribution in [3.63, 3.8) is 0 Å². The SMILES string of the molecule is C1=CCCC(C2=CC=C(N(c3ccc(C4(c5ccc(N(c6ccccc6)c6ccc(-c7ccccc7)cc6)cc5)CCCCC4)cc3)C3C=CC=CC3)CC2)=C1. The first-order chi connectivity index (χ1) is 27.7. The Morgan fingerprint density at radius 1 is 0.464 bits per heavy atom.